The van der Waals surface area contributed by atoms with Gasteiger partial charge in [0.25, 0.3) is 0 Å². The number of hydrogen-bond donors (Lipinski definition) is 0. The van der Waals surface area contributed by atoms with E-state index in [1.165, 1.54) is 6.08 Å². The molecule has 1 aromatic rings. The molecular formula is C40H50O5. The first-order chi connectivity index (χ1) is 21.1. The first kappa shape index (κ1) is 34.4. The lowest BCUT2D eigenvalue weighted by atomic mass is 9.27. The summed E-state index contributed by atoms with van der Waals surface area (Å²) in [6.45, 7) is 17.8. The Morgan fingerprint density at radius 3 is 2.18 bits per heavy atom. The van der Waals surface area contributed by atoms with Crippen LogP contribution in [0.2, 0.25) is 0 Å². The van der Waals surface area contributed by atoms with Crippen LogP contribution in [-0.4, -0.2) is 29.4 Å². The van der Waals surface area contributed by atoms with Gasteiger partial charge in [-0.05, 0) is 81.8 Å². The monoisotopic (exact) mass is 610 g/mol. The third-order valence-corrected chi connectivity index (χ3v) is 11.5. The zero-order valence-electron chi connectivity index (χ0n) is 28.5. The van der Waals surface area contributed by atoms with E-state index in [-0.39, 0.29) is 30.5 Å². The maximum atomic E-state index is 15.4. The second-order valence-corrected chi connectivity index (χ2v) is 14.8. The minimum absolute atomic E-state index is 0.0523. The molecule has 4 saturated carbocycles. The summed E-state index contributed by atoms with van der Waals surface area (Å²) in [4.78, 5) is 71.9. The molecule has 45 heavy (non-hydrogen) atoms. The number of allylic oxidation sites excluding steroid dienone is 8. The molecular weight excluding hydrogens is 560 g/mol. The summed E-state index contributed by atoms with van der Waals surface area (Å²) in [5.74, 6) is -2.21. The number of aldehydes is 1. The number of rotatable bonds is 12. The summed E-state index contributed by atoms with van der Waals surface area (Å²) in [5, 5.41) is 0. The average molecular weight is 611 g/mol. The predicted octanol–water partition coefficient (Wildman–Crippen LogP) is 8.30. The van der Waals surface area contributed by atoms with E-state index in [1.54, 1.807) is 36.4 Å². The summed E-state index contributed by atoms with van der Waals surface area (Å²) >= 11 is 0. The maximum absolute atomic E-state index is 15.4. The summed E-state index contributed by atoms with van der Waals surface area (Å²) in [6, 6.07) is 8.60. The molecule has 240 valence electrons. The Morgan fingerprint density at radius 2 is 1.60 bits per heavy atom. The van der Waals surface area contributed by atoms with Crippen molar-refractivity contribution in [2.24, 2.45) is 45.3 Å². The van der Waals surface area contributed by atoms with Crippen molar-refractivity contribution in [2.75, 3.05) is 0 Å². The van der Waals surface area contributed by atoms with Gasteiger partial charge in [-0.3, -0.25) is 24.0 Å². The van der Waals surface area contributed by atoms with Crippen molar-refractivity contribution in [1.29, 1.82) is 0 Å². The molecule has 4 aliphatic carbocycles. The van der Waals surface area contributed by atoms with Gasteiger partial charge in [0.1, 0.15) is 17.1 Å². The number of carbonyl (C=O) groups excluding carboxylic acids is 5. The Morgan fingerprint density at radius 1 is 0.956 bits per heavy atom. The van der Waals surface area contributed by atoms with Crippen molar-refractivity contribution in [3.05, 3.63) is 83.0 Å². The van der Waals surface area contributed by atoms with Crippen molar-refractivity contribution in [1.82, 2.24) is 0 Å². The summed E-state index contributed by atoms with van der Waals surface area (Å²) in [7, 11) is 0. The normalized spacial score (nSPS) is 32.2. The zero-order valence-corrected chi connectivity index (χ0v) is 28.5. The smallest absolute Gasteiger partial charge is 0.184 e. The van der Waals surface area contributed by atoms with E-state index in [0.717, 1.165) is 35.8 Å². The topological polar surface area (TPSA) is 85.3 Å². The number of Topliss-reactive ketones (excluding diaryl/α,β-unsaturated/α-hetero) is 4. The highest BCUT2D eigenvalue weighted by molar-refractivity contribution is 6.43. The highest BCUT2D eigenvalue weighted by Crippen LogP contribution is 2.75. The van der Waals surface area contributed by atoms with Gasteiger partial charge in [0, 0.05) is 11.5 Å². The van der Waals surface area contributed by atoms with E-state index in [1.807, 2.05) is 59.8 Å². The maximum Gasteiger partial charge on any atom is 0.184 e. The Kier molecular flexibility index (Phi) is 9.46. The molecule has 5 nitrogen and oxygen atoms in total. The van der Waals surface area contributed by atoms with Crippen molar-refractivity contribution in [2.45, 2.75) is 88.0 Å². The predicted molar refractivity (Wildman–Crippen MR) is 178 cm³/mol. The van der Waals surface area contributed by atoms with Crippen LogP contribution in [0.15, 0.2) is 77.4 Å². The minimum Gasteiger partial charge on any atom is -0.299 e. The molecule has 0 N–H and O–H groups in total. The number of benzene rings is 1. The molecule has 4 fully saturated rings. The Bertz CT molecular complexity index is 1520. The van der Waals surface area contributed by atoms with E-state index in [0.29, 0.717) is 11.5 Å². The molecule has 0 unspecified atom stereocenters. The summed E-state index contributed by atoms with van der Waals surface area (Å²) in [5.41, 5.74) is -3.47. The van der Waals surface area contributed by atoms with Gasteiger partial charge in [0.15, 0.2) is 28.5 Å². The van der Waals surface area contributed by atoms with Gasteiger partial charge in [-0.25, -0.2) is 0 Å². The fourth-order valence-electron chi connectivity index (χ4n) is 8.63. The molecule has 7 atom stereocenters. The van der Waals surface area contributed by atoms with Crippen LogP contribution >= 0.6 is 0 Å². The van der Waals surface area contributed by atoms with E-state index < -0.39 is 44.9 Å². The van der Waals surface area contributed by atoms with E-state index in [2.05, 4.69) is 20.8 Å². The van der Waals surface area contributed by atoms with Gasteiger partial charge in [0.2, 0.25) is 0 Å². The minimum atomic E-state index is -2.02. The van der Waals surface area contributed by atoms with Crippen molar-refractivity contribution < 1.29 is 24.0 Å². The first-order valence-corrected chi connectivity index (χ1v) is 16.5. The highest BCUT2D eigenvalue weighted by atomic mass is 16.2. The highest BCUT2D eigenvalue weighted by Gasteiger charge is 2.86. The van der Waals surface area contributed by atoms with E-state index in [9.17, 15) is 9.59 Å². The van der Waals surface area contributed by atoms with E-state index in [4.69, 9.17) is 0 Å². The largest absolute Gasteiger partial charge is 0.299 e. The number of hydrogen-bond acceptors (Lipinski definition) is 5. The molecule has 0 amide bonds. The van der Waals surface area contributed by atoms with Crippen molar-refractivity contribution in [3.63, 3.8) is 0 Å². The molecule has 0 radical (unpaired) electrons. The quantitative estimate of drug-likeness (QED) is 0.0593. The average Bonchev–Trinajstić information content (AvgIpc) is 2.99. The van der Waals surface area contributed by atoms with Crippen LogP contribution in [0.5, 0.6) is 0 Å². The SMILES string of the molecule is CC[C@@H](C)C[C@@H](C)/C=C/[C@]12C[C@@H]3[C@H](C=C(C)C)[C@](C/C=C(C)/C(C)=C/C=O)(C1=O)C(=O)[C@](C(=O)c1ccccc1)(C2=O)C3(C)C. The summed E-state index contributed by atoms with van der Waals surface area (Å²) in [6.07, 6.45) is 12.1. The van der Waals surface area contributed by atoms with Crippen molar-refractivity contribution >= 4 is 29.4 Å². The van der Waals surface area contributed by atoms with Gasteiger partial charge < -0.3 is 0 Å². The molecule has 5 rings (SSSR count). The number of carbonyl (C=O) groups is 5. The van der Waals surface area contributed by atoms with Gasteiger partial charge in [-0.2, -0.15) is 0 Å². The second-order valence-electron chi connectivity index (χ2n) is 14.8. The van der Waals surface area contributed by atoms with Crippen LogP contribution in [0.25, 0.3) is 0 Å². The third-order valence-electron chi connectivity index (χ3n) is 11.5. The lowest BCUT2D eigenvalue weighted by molar-refractivity contribution is -0.205. The van der Waals surface area contributed by atoms with Crippen LogP contribution in [0.4, 0.5) is 0 Å². The van der Waals surface area contributed by atoms with Crippen LogP contribution in [0.1, 0.15) is 98.4 Å². The van der Waals surface area contributed by atoms with E-state index >= 15 is 14.4 Å². The fraction of sp³-hybridized carbons (Fsp3) is 0.525. The lowest BCUT2D eigenvalue weighted by Gasteiger charge is -2.70. The molecule has 0 spiro atoms. The molecule has 0 aliphatic heterocycles. The van der Waals surface area contributed by atoms with Crippen LogP contribution in [-0.2, 0) is 19.2 Å². The molecule has 0 heterocycles. The van der Waals surface area contributed by atoms with Gasteiger partial charge in [0.05, 0.1) is 0 Å². The van der Waals surface area contributed by atoms with Crippen LogP contribution < -0.4 is 0 Å². The Balaban J connectivity index is 2.07. The number of ketones is 4. The molecule has 5 heteroatoms. The van der Waals surface area contributed by atoms with Gasteiger partial charge in [-0.1, -0.05) is 107 Å². The lowest BCUT2D eigenvalue weighted by Crippen LogP contribution is -2.83. The Labute approximate surface area is 269 Å². The van der Waals surface area contributed by atoms with Crippen LogP contribution in [0, 0.1) is 45.3 Å². The third kappa shape index (κ3) is 5.02. The molecule has 0 saturated heterocycles. The van der Waals surface area contributed by atoms with Crippen molar-refractivity contribution in [3.8, 4) is 0 Å². The standard InChI is InChI=1S/C40H50O5/c1-10-26(4)23-27(5)16-19-38-24-32-31(22-25(2)3)39(34(38)43,20-17-28(6)29(7)18-21-41)36(45)40(35(38)44,37(32,8)9)33(42)30-14-12-11-13-15-30/h11-19,21-22,26-27,31-32H,10,20,23-24H2,1-9H3/b19-16+,28-17+,29-18+/t26-,27+,31+,32-,38+,39-,40+/m1/s1. The van der Waals surface area contributed by atoms with Crippen LogP contribution in [0.3, 0.4) is 0 Å². The molecule has 0 aromatic heterocycles. The Hall–Kier alpha value is -3.47. The van der Waals surface area contributed by atoms with Gasteiger partial charge >= 0.3 is 0 Å². The molecule has 4 bridgehead atoms. The first-order valence-electron chi connectivity index (χ1n) is 16.5. The van der Waals surface area contributed by atoms with Gasteiger partial charge in [-0.15, -0.1) is 0 Å². The second kappa shape index (κ2) is 12.4. The fourth-order valence-corrected chi connectivity index (χ4v) is 8.63. The molecule has 1 aromatic carbocycles. The zero-order chi connectivity index (χ0) is 33.5. The summed E-state index contributed by atoms with van der Waals surface area (Å²) < 4.78 is 0. The molecule has 4 aliphatic rings.